The highest BCUT2D eigenvalue weighted by molar-refractivity contribution is 5.30. The minimum Gasteiger partial charge on any atom is -0.391 e. The fourth-order valence-electron chi connectivity index (χ4n) is 3.77. The molecule has 0 amide bonds. The molecule has 3 heterocycles. The predicted molar refractivity (Wildman–Crippen MR) is 96.6 cm³/mol. The van der Waals surface area contributed by atoms with Crippen molar-refractivity contribution in [2.45, 2.75) is 38.1 Å². The van der Waals surface area contributed by atoms with Gasteiger partial charge in [-0.15, -0.1) is 0 Å². The number of nitrogens with zero attached hydrogens (tertiary/aromatic N) is 5. The lowest BCUT2D eigenvalue weighted by Crippen LogP contribution is -2.37. The maximum absolute atomic E-state index is 10.3. The minimum atomic E-state index is -0.316. The molecule has 2 aromatic heterocycles. The van der Waals surface area contributed by atoms with Crippen LogP contribution in [0.25, 0.3) is 0 Å². The van der Waals surface area contributed by atoms with Gasteiger partial charge in [-0.1, -0.05) is 0 Å². The first-order valence-corrected chi connectivity index (χ1v) is 9.30. The van der Waals surface area contributed by atoms with Crippen molar-refractivity contribution in [3.8, 4) is 0 Å². The second-order valence-corrected chi connectivity index (χ2v) is 7.11. The molecule has 0 spiro atoms. The quantitative estimate of drug-likeness (QED) is 0.774. The van der Waals surface area contributed by atoms with Crippen molar-refractivity contribution in [1.29, 1.82) is 0 Å². The van der Waals surface area contributed by atoms with Crippen LogP contribution in [0, 0.1) is 5.92 Å². The zero-order valence-electron chi connectivity index (χ0n) is 14.9. The maximum atomic E-state index is 10.3. The topological polar surface area (TPSA) is 88.3 Å². The molecule has 1 aliphatic carbocycles. The summed E-state index contributed by atoms with van der Waals surface area (Å²) in [6.07, 6.45) is 8.95. The number of aromatic nitrogens is 4. The van der Waals surface area contributed by atoms with E-state index in [9.17, 15) is 5.11 Å². The summed E-state index contributed by atoms with van der Waals surface area (Å²) in [4.78, 5) is 11.1. The van der Waals surface area contributed by atoms with Crippen LogP contribution in [0.15, 0.2) is 30.9 Å². The molecule has 1 aliphatic heterocycles. The van der Waals surface area contributed by atoms with Crippen LogP contribution in [0.4, 0.5) is 5.95 Å². The third-order valence-corrected chi connectivity index (χ3v) is 5.18. The maximum Gasteiger partial charge on any atom is 0.225 e. The Bertz CT molecular complexity index is 671. The van der Waals surface area contributed by atoms with E-state index in [0.717, 1.165) is 57.2 Å². The van der Waals surface area contributed by atoms with Crippen LogP contribution < -0.4 is 10.2 Å². The molecule has 8 heteroatoms. The summed E-state index contributed by atoms with van der Waals surface area (Å²) in [5.74, 6) is 1.21. The normalized spacial score (nSPS) is 26.3. The molecule has 2 aliphatic rings. The summed E-state index contributed by atoms with van der Waals surface area (Å²) in [6.45, 7) is 4.66. The largest absolute Gasteiger partial charge is 0.391 e. The first-order valence-electron chi connectivity index (χ1n) is 9.30. The van der Waals surface area contributed by atoms with Gasteiger partial charge in [-0.05, 0) is 24.8 Å². The monoisotopic (exact) mass is 358 g/mol. The SMILES string of the molecule is O[C@@H]1CC(Cn2cccn2)C[C@H]1NCc1cnc(N2CCOCC2)nc1. The summed E-state index contributed by atoms with van der Waals surface area (Å²) in [5, 5.41) is 18.1. The fraction of sp³-hybridized carbons (Fsp3) is 0.611. The van der Waals surface area contributed by atoms with Crippen molar-refractivity contribution in [3.05, 3.63) is 36.4 Å². The summed E-state index contributed by atoms with van der Waals surface area (Å²) < 4.78 is 7.30. The lowest BCUT2D eigenvalue weighted by molar-refractivity contribution is 0.122. The Labute approximate surface area is 153 Å². The molecule has 4 rings (SSSR count). The van der Waals surface area contributed by atoms with Gasteiger partial charge in [0.2, 0.25) is 5.95 Å². The third-order valence-electron chi connectivity index (χ3n) is 5.18. The van der Waals surface area contributed by atoms with Crippen LogP contribution in [0.3, 0.4) is 0 Å². The number of aliphatic hydroxyl groups excluding tert-OH is 1. The van der Waals surface area contributed by atoms with Gasteiger partial charge >= 0.3 is 0 Å². The first-order chi connectivity index (χ1) is 12.8. The lowest BCUT2D eigenvalue weighted by atomic mass is 10.1. The summed E-state index contributed by atoms with van der Waals surface area (Å²) >= 11 is 0. The van der Waals surface area contributed by atoms with E-state index in [4.69, 9.17) is 4.74 Å². The Hall–Kier alpha value is -2.03. The number of rotatable bonds is 6. The Morgan fingerprint density at radius 2 is 2.00 bits per heavy atom. The molecule has 2 aromatic rings. The van der Waals surface area contributed by atoms with Gasteiger partial charge in [-0.25, -0.2) is 9.97 Å². The van der Waals surface area contributed by atoms with Gasteiger partial charge in [0.05, 0.1) is 19.3 Å². The van der Waals surface area contributed by atoms with E-state index in [0.29, 0.717) is 12.5 Å². The highest BCUT2D eigenvalue weighted by Crippen LogP contribution is 2.27. The number of hydrogen-bond donors (Lipinski definition) is 2. The van der Waals surface area contributed by atoms with Gasteiger partial charge in [-0.3, -0.25) is 4.68 Å². The van der Waals surface area contributed by atoms with Crippen molar-refractivity contribution >= 4 is 5.95 Å². The van der Waals surface area contributed by atoms with Crippen LogP contribution in [0.5, 0.6) is 0 Å². The number of morpholine rings is 1. The van der Waals surface area contributed by atoms with Crippen LogP contribution in [-0.4, -0.2) is 63.3 Å². The molecule has 3 atom stereocenters. The van der Waals surface area contributed by atoms with Gasteiger partial charge in [0, 0.05) is 62.6 Å². The molecule has 140 valence electrons. The number of hydrogen-bond acceptors (Lipinski definition) is 7. The third kappa shape index (κ3) is 4.20. The summed E-state index contributed by atoms with van der Waals surface area (Å²) in [5.41, 5.74) is 1.03. The molecule has 8 nitrogen and oxygen atoms in total. The van der Waals surface area contributed by atoms with E-state index in [1.165, 1.54) is 0 Å². The van der Waals surface area contributed by atoms with E-state index in [1.807, 2.05) is 29.3 Å². The zero-order valence-corrected chi connectivity index (χ0v) is 14.9. The molecule has 0 aromatic carbocycles. The Morgan fingerprint density at radius 3 is 2.73 bits per heavy atom. The van der Waals surface area contributed by atoms with Crippen molar-refractivity contribution in [3.63, 3.8) is 0 Å². The predicted octanol–water partition coefficient (Wildman–Crippen LogP) is 0.439. The summed E-state index contributed by atoms with van der Waals surface area (Å²) in [6, 6.07) is 2.04. The Morgan fingerprint density at radius 1 is 1.19 bits per heavy atom. The van der Waals surface area contributed by atoms with E-state index < -0.39 is 0 Å². The van der Waals surface area contributed by atoms with Crippen LogP contribution in [-0.2, 0) is 17.8 Å². The molecule has 26 heavy (non-hydrogen) atoms. The second kappa shape index (κ2) is 8.11. The highest BCUT2D eigenvalue weighted by atomic mass is 16.5. The second-order valence-electron chi connectivity index (χ2n) is 7.11. The average Bonchev–Trinajstić information content (AvgIpc) is 3.31. The first kappa shape index (κ1) is 17.4. The highest BCUT2D eigenvalue weighted by Gasteiger charge is 2.32. The van der Waals surface area contributed by atoms with E-state index in [1.54, 1.807) is 6.20 Å². The molecule has 2 fully saturated rings. The van der Waals surface area contributed by atoms with Crippen LogP contribution in [0.1, 0.15) is 18.4 Å². The van der Waals surface area contributed by atoms with Gasteiger partial charge in [-0.2, -0.15) is 5.10 Å². The fourth-order valence-corrected chi connectivity index (χ4v) is 3.77. The van der Waals surface area contributed by atoms with Gasteiger partial charge in [0.1, 0.15) is 0 Å². The van der Waals surface area contributed by atoms with Crippen LogP contribution >= 0.6 is 0 Å². The van der Waals surface area contributed by atoms with E-state index in [2.05, 4.69) is 25.3 Å². The van der Waals surface area contributed by atoms with Crippen molar-refractivity contribution in [1.82, 2.24) is 25.1 Å². The molecular weight excluding hydrogens is 332 g/mol. The number of aliphatic hydroxyl groups is 1. The number of ether oxygens (including phenoxy) is 1. The van der Waals surface area contributed by atoms with E-state index in [-0.39, 0.29) is 12.1 Å². The van der Waals surface area contributed by atoms with Gasteiger partial charge < -0.3 is 20.1 Å². The van der Waals surface area contributed by atoms with Gasteiger partial charge in [0.25, 0.3) is 0 Å². The lowest BCUT2D eigenvalue weighted by Gasteiger charge is -2.26. The van der Waals surface area contributed by atoms with Crippen molar-refractivity contribution in [2.75, 3.05) is 31.2 Å². The molecule has 0 radical (unpaired) electrons. The smallest absolute Gasteiger partial charge is 0.225 e. The standard InChI is InChI=1S/C18H26N6O2/c25-17-9-14(13-24-3-1-2-22-24)8-16(17)19-10-15-11-20-18(21-12-15)23-4-6-26-7-5-23/h1-3,11-12,14,16-17,19,25H,4-10,13H2/t14?,16-,17-/m1/s1. The number of nitrogens with one attached hydrogen (secondary N) is 1. The average molecular weight is 358 g/mol. The van der Waals surface area contributed by atoms with E-state index >= 15 is 0 Å². The molecule has 2 N–H and O–H groups in total. The van der Waals surface area contributed by atoms with Crippen LogP contribution in [0.2, 0.25) is 0 Å². The molecule has 1 unspecified atom stereocenters. The summed E-state index contributed by atoms with van der Waals surface area (Å²) in [7, 11) is 0. The Balaban J connectivity index is 1.27. The molecule has 0 bridgehead atoms. The molecule has 1 saturated heterocycles. The number of anilines is 1. The minimum absolute atomic E-state index is 0.106. The van der Waals surface area contributed by atoms with Crippen molar-refractivity contribution < 1.29 is 9.84 Å². The molecular formula is C18H26N6O2. The van der Waals surface area contributed by atoms with Crippen molar-refractivity contribution in [2.24, 2.45) is 5.92 Å². The zero-order chi connectivity index (χ0) is 17.8. The Kier molecular flexibility index (Phi) is 5.42. The molecule has 1 saturated carbocycles. The van der Waals surface area contributed by atoms with Gasteiger partial charge in [0.15, 0.2) is 0 Å².